The number of rotatable bonds is 4. The summed E-state index contributed by atoms with van der Waals surface area (Å²) in [6, 6.07) is 4.18. The molecule has 0 bridgehead atoms. The molecule has 0 atom stereocenters. The highest BCUT2D eigenvalue weighted by Crippen LogP contribution is 2.26. The number of nitrogens with zero attached hydrogens (tertiary/aromatic N) is 1. The molecule has 0 saturated carbocycles. The van der Waals surface area contributed by atoms with Crippen LogP contribution in [0.4, 0.5) is 0 Å². The highest BCUT2D eigenvalue weighted by atomic mass is 35.5. The molecule has 0 aromatic heterocycles. The summed E-state index contributed by atoms with van der Waals surface area (Å²) in [5.41, 5.74) is -0.204. The van der Waals surface area contributed by atoms with Gasteiger partial charge in [-0.15, -0.1) is 0 Å². The van der Waals surface area contributed by atoms with Crippen LogP contribution in [0.1, 0.15) is 37.6 Å². The van der Waals surface area contributed by atoms with E-state index in [1.54, 1.807) is 0 Å². The molecule has 1 amide bonds. The van der Waals surface area contributed by atoms with Gasteiger partial charge in [0, 0.05) is 17.6 Å². The molecule has 0 aliphatic heterocycles. The molecule has 0 unspecified atom stereocenters. The molecule has 110 valence electrons. The van der Waals surface area contributed by atoms with Crippen molar-refractivity contribution in [2.45, 2.75) is 32.7 Å². The van der Waals surface area contributed by atoms with Gasteiger partial charge in [0.1, 0.15) is 5.75 Å². The number of aromatic hydroxyl groups is 1. The molecule has 20 heavy (non-hydrogen) atoms. The van der Waals surface area contributed by atoms with Gasteiger partial charge in [-0.05, 0) is 39.0 Å². The predicted molar refractivity (Wildman–Crippen MR) is 76.2 cm³/mol. The largest absolute Gasteiger partial charge is 0.506 e. The minimum atomic E-state index is -0.962. The lowest BCUT2D eigenvalue weighted by atomic mass is 10.0. The third-order valence-corrected chi connectivity index (χ3v) is 3.10. The smallest absolute Gasteiger partial charge is 0.305 e. The maximum atomic E-state index is 12.5. The van der Waals surface area contributed by atoms with Gasteiger partial charge in [0.15, 0.2) is 0 Å². The number of amides is 1. The van der Waals surface area contributed by atoms with E-state index in [9.17, 15) is 14.7 Å². The zero-order valence-corrected chi connectivity index (χ0v) is 12.4. The van der Waals surface area contributed by atoms with Gasteiger partial charge in [0.05, 0.1) is 11.4 Å². The monoisotopic (exact) mass is 299 g/mol. The zero-order valence-electron chi connectivity index (χ0n) is 11.7. The maximum absolute atomic E-state index is 12.5. The van der Waals surface area contributed by atoms with Crippen LogP contribution in [-0.2, 0) is 4.79 Å². The zero-order chi connectivity index (χ0) is 15.5. The third-order valence-electron chi connectivity index (χ3n) is 2.80. The molecular weight excluding hydrogens is 282 g/mol. The van der Waals surface area contributed by atoms with E-state index in [4.69, 9.17) is 16.7 Å². The van der Waals surface area contributed by atoms with Crippen LogP contribution in [0, 0.1) is 0 Å². The van der Waals surface area contributed by atoms with Gasteiger partial charge >= 0.3 is 5.97 Å². The van der Waals surface area contributed by atoms with E-state index in [2.05, 4.69) is 0 Å². The molecule has 1 rings (SSSR count). The van der Waals surface area contributed by atoms with E-state index in [0.717, 1.165) is 0 Å². The van der Waals surface area contributed by atoms with Gasteiger partial charge in [0.2, 0.25) is 0 Å². The van der Waals surface area contributed by atoms with Crippen molar-refractivity contribution in [1.82, 2.24) is 4.90 Å². The Kier molecular flexibility index (Phi) is 5.00. The third kappa shape index (κ3) is 4.13. The number of carbonyl (C=O) groups excluding carboxylic acids is 1. The van der Waals surface area contributed by atoms with Crippen LogP contribution in [0.2, 0.25) is 5.02 Å². The van der Waals surface area contributed by atoms with Crippen molar-refractivity contribution in [1.29, 1.82) is 0 Å². The number of carboxylic acid groups (broad SMARTS) is 1. The van der Waals surface area contributed by atoms with Gasteiger partial charge in [-0.1, -0.05) is 11.6 Å². The summed E-state index contributed by atoms with van der Waals surface area (Å²) < 4.78 is 0. The second-order valence-corrected chi connectivity index (χ2v) is 5.84. The molecular formula is C14H18ClNO4. The number of hydrogen-bond acceptors (Lipinski definition) is 3. The maximum Gasteiger partial charge on any atom is 0.305 e. The lowest BCUT2D eigenvalue weighted by Crippen LogP contribution is -2.46. The summed E-state index contributed by atoms with van der Waals surface area (Å²) in [7, 11) is 0. The Balaban J connectivity index is 3.03. The number of carbonyl (C=O) groups is 2. The SMILES string of the molecule is CC(C)(C)N(CCC(=O)O)C(=O)c1ccc(O)c(Cl)c1. The summed E-state index contributed by atoms with van der Waals surface area (Å²) in [5, 5.41) is 18.2. The average Bonchev–Trinajstić information content (AvgIpc) is 2.30. The minimum Gasteiger partial charge on any atom is -0.506 e. The second kappa shape index (κ2) is 6.13. The Hall–Kier alpha value is -1.75. The minimum absolute atomic E-state index is 0.0861. The van der Waals surface area contributed by atoms with Crippen molar-refractivity contribution in [2.75, 3.05) is 6.54 Å². The predicted octanol–water partition coefficient (Wildman–Crippen LogP) is 2.76. The number of benzene rings is 1. The van der Waals surface area contributed by atoms with Crippen molar-refractivity contribution >= 4 is 23.5 Å². The standard InChI is InChI=1S/C14H18ClNO4/c1-14(2,3)16(7-6-12(18)19)13(20)9-4-5-11(17)10(15)8-9/h4-5,8,17H,6-7H2,1-3H3,(H,18,19). The Labute approximate surface area is 122 Å². The van der Waals surface area contributed by atoms with Crippen molar-refractivity contribution in [3.05, 3.63) is 28.8 Å². The summed E-state index contributed by atoms with van der Waals surface area (Å²) in [6.07, 6.45) is -0.130. The number of phenolic OH excluding ortho intramolecular Hbond substituents is 1. The van der Waals surface area contributed by atoms with Crippen molar-refractivity contribution < 1.29 is 19.8 Å². The van der Waals surface area contributed by atoms with Crippen LogP contribution in [0.5, 0.6) is 5.75 Å². The summed E-state index contributed by atoms with van der Waals surface area (Å²) in [6.45, 7) is 5.59. The molecule has 0 radical (unpaired) electrons. The van der Waals surface area contributed by atoms with Gasteiger partial charge in [-0.2, -0.15) is 0 Å². The fourth-order valence-electron chi connectivity index (χ4n) is 1.74. The first-order valence-electron chi connectivity index (χ1n) is 6.15. The molecule has 0 spiro atoms. The number of carboxylic acids is 1. The molecule has 1 aromatic carbocycles. The van der Waals surface area contributed by atoms with E-state index < -0.39 is 11.5 Å². The molecule has 0 saturated heterocycles. The first-order valence-corrected chi connectivity index (χ1v) is 6.53. The fraction of sp³-hybridized carbons (Fsp3) is 0.429. The Bertz CT molecular complexity index is 522. The van der Waals surface area contributed by atoms with Gasteiger partial charge in [-0.25, -0.2) is 0 Å². The molecule has 0 fully saturated rings. The van der Waals surface area contributed by atoms with Crippen molar-refractivity contribution in [3.63, 3.8) is 0 Å². The second-order valence-electron chi connectivity index (χ2n) is 5.44. The Morgan fingerprint density at radius 1 is 1.30 bits per heavy atom. The quantitative estimate of drug-likeness (QED) is 0.896. The van der Waals surface area contributed by atoms with E-state index in [0.29, 0.717) is 5.56 Å². The molecule has 0 aliphatic rings. The lowest BCUT2D eigenvalue weighted by molar-refractivity contribution is -0.137. The van der Waals surface area contributed by atoms with Crippen LogP contribution in [0.25, 0.3) is 0 Å². The van der Waals surface area contributed by atoms with Crippen LogP contribution in [-0.4, -0.2) is 39.1 Å². The first-order chi connectivity index (χ1) is 9.12. The number of hydrogen-bond donors (Lipinski definition) is 2. The highest BCUT2D eigenvalue weighted by molar-refractivity contribution is 6.32. The first kappa shape index (κ1) is 16.3. The van der Waals surface area contributed by atoms with Crippen molar-refractivity contribution in [3.8, 4) is 5.75 Å². The molecule has 0 aliphatic carbocycles. The molecule has 2 N–H and O–H groups in total. The van der Waals surface area contributed by atoms with E-state index in [1.165, 1.54) is 23.1 Å². The highest BCUT2D eigenvalue weighted by Gasteiger charge is 2.28. The lowest BCUT2D eigenvalue weighted by Gasteiger charge is -2.35. The van der Waals surface area contributed by atoms with E-state index in [-0.39, 0.29) is 29.6 Å². The van der Waals surface area contributed by atoms with Gasteiger partial charge < -0.3 is 15.1 Å². The van der Waals surface area contributed by atoms with Crippen molar-refractivity contribution in [2.24, 2.45) is 0 Å². The van der Waals surface area contributed by atoms with Crippen LogP contribution < -0.4 is 0 Å². The summed E-state index contributed by atoms with van der Waals surface area (Å²) in [4.78, 5) is 24.6. The van der Waals surface area contributed by atoms with Gasteiger partial charge in [0.25, 0.3) is 5.91 Å². The summed E-state index contributed by atoms with van der Waals surface area (Å²) >= 11 is 5.79. The van der Waals surface area contributed by atoms with E-state index in [1.807, 2.05) is 20.8 Å². The number of phenols is 1. The topological polar surface area (TPSA) is 77.8 Å². The molecule has 5 nitrogen and oxygen atoms in total. The molecule has 1 aromatic rings. The Morgan fingerprint density at radius 2 is 1.90 bits per heavy atom. The molecule has 0 heterocycles. The normalized spacial score (nSPS) is 11.2. The number of halogens is 1. The fourth-order valence-corrected chi connectivity index (χ4v) is 1.93. The average molecular weight is 300 g/mol. The Morgan fingerprint density at radius 3 is 2.35 bits per heavy atom. The van der Waals surface area contributed by atoms with Crippen LogP contribution >= 0.6 is 11.6 Å². The summed E-state index contributed by atoms with van der Waals surface area (Å²) in [5.74, 6) is -1.38. The van der Waals surface area contributed by atoms with E-state index >= 15 is 0 Å². The molecule has 6 heteroatoms. The van der Waals surface area contributed by atoms with Gasteiger partial charge in [-0.3, -0.25) is 9.59 Å². The van der Waals surface area contributed by atoms with Crippen LogP contribution in [0.15, 0.2) is 18.2 Å². The number of aliphatic carboxylic acids is 1. The van der Waals surface area contributed by atoms with Crippen LogP contribution in [0.3, 0.4) is 0 Å².